The van der Waals surface area contributed by atoms with E-state index in [-0.39, 0.29) is 16.9 Å². The summed E-state index contributed by atoms with van der Waals surface area (Å²) < 4.78 is 4.96. The summed E-state index contributed by atoms with van der Waals surface area (Å²) in [6.45, 7) is 0. The predicted molar refractivity (Wildman–Crippen MR) is 83.1 cm³/mol. The number of aromatic hydroxyl groups is 1. The molecule has 0 saturated carbocycles. The normalized spacial score (nSPS) is 10.5. The Balaban J connectivity index is 2.07. The molecule has 2 rings (SSSR count). The number of carbonyl (C=O) groups excluding carboxylic acids is 1. The molecule has 0 saturated heterocycles. The Morgan fingerprint density at radius 2 is 1.91 bits per heavy atom. The number of benzene rings is 2. The molecule has 2 aromatic rings. The van der Waals surface area contributed by atoms with E-state index in [0.717, 1.165) is 0 Å². The Morgan fingerprint density at radius 1 is 1.17 bits per heavy atom. The van der Waals surface area contributed by atoms with Crippen molar-refractivity contribution >= 4 is 18.1 Å². The second kappa shape index (κ2) is 7.08. The first kappa shape index (κ1) is 16.0. The van der Waals surface area contributed by atoms with Gasteiger partial charge in [-0.2, -0.15) is 5.10 Å². The van der Waals surface area contributed by atoms with E-state index in [1.807, 2.05) is 0 Å². The molecule has 7 nitrogen and oxygen atoms in total. The SMILES string of the molecule is COc1ccc(C=NNC(=O)c2cccc(C(=O)O)c2)c(O)c1. The summed E-state index contributed by atoms with van der Waals surface area (Å²) in [7, 11) is 1.48. The molecule has 3 N–H and O–H groups in total. The molecule has 2 aromatic carbocycles. The standard InChI is InChI=1S/C16H14N2O5/c1-23-13-6-5-12(14(19)8-13)9-17-18-15(20)10-3-2-4-11(7-10)16(21)22/h2-9,19H,1H3,(H,18,20)(H,21,22). The van der Waals surface area contributed by atoms with Gasteiger partial charge in [-0.3, -0.25) is 4.79 Å². The zero-order chi connectivity index (χ0) is 16.8. The maximum atomic E-state index is 11.9. The molecular weight excluding hydrogens is 300 g/mol. The number of rotatable bonds is 5. The molecule has 0 fully saturated rings. The van der Waals surface area contributed by atoms with Crippen molar-refractivity contribution in [2.45, 2.75) is 0 Å². The van der Waals surface area contributed by atoms with E-state index >= 15 is 0 Å². The van der Waals surface area contributed by atoms with E-state index in [4.69, 9.17) is 9.84 Å². The smallest absolute Gasteiger partial charge is 0.335 e. The van der Waals surface area contributed by atoms with Crippen molar-refractivity contribution in [3.8, 4) is 11.5 Å². The molecule has 0 aromatic heterocycles. The summed E-state index contributed by atoms with van der Waals surface area (Å²) in [4.78, 5) is 22.8. The minimum absolute atomic E-state index is 0.00873. The third-order valence-electron chi connectivity index (χ3n) is 2.98. The first-order valence-electron chi connectivity index (χ1n) is 6.55. The highest BCUT2D eigenvalue weighted by Crippen LogP contribution is 2.21. The van der Waals surface area contributed by atoms with Crippen LogP contribution in [0.25, 0.3) is 0 Å². The van der Waals surface area contributed by atoms with Gasteiger partial charge in [0.05, 0.1) is 18.9 Å². The molecule has 1 amide bonds. The number of amides is 1. The van der Waals surface area contributed by atoms with Gasteiger partial charge in [-0.25, -0.2) is 10.2 Å². The molecule has 7 heteroatoms. The van der Waals surface area contributed by atoms with Crippen molar-refractivity contribution < 1.29 is 24.5 Å². The highest BCUT2D eigenvalue weighted by atomic mass is 16.5. The molecule has 0 spiro atoms. The van der Waals surface area contributed by atoms with Crippen LogP contribution in [0.3, 0.4) is 0 Å². The van der Waals surface area contributed by atoms with E-state index in [0.29, 0.717) is 11.3 Å². The summed E-state index contributed by atoms with van der Waals surface area (Å²) in [5.74, 6) is -1.23. The lowest BCUT2D eigenvalue weighted by Gasteiger charge is -2.03. The minimum atomic E-state index is -1.12. The topological polar surface area (TPSA) is 108 Å². The fourth-order valence-electron chi connectivity index (χ4n) is 1.78. The molecule has 0 aliphatic rings. The van der Waals surface area contributed by atoms with Gasteiger partial charge in [0.2, 0.25) is 0 Å². The average Bonchev–Trinajstić information content (AvgIpc) is 2.56. The van der Waals surface area contributed by atoms with Gasteiger partial charge in [-0.1, -0.05) is 6.07 Å². The number of ether oxygens (including phenoxy) is 1. The molecule has 0 atom stereocenters. The van der Waals surface area contributed by atoms with Crippen molar-refractivity contribution in [2.24, 2.45) is 5.10 Å². The Hall–Kier alpha value is -3.35. The van der Waals surface area contributed by atoms with Crippen LogP contribution in [0.4, 0.5) is 0 Å². The van der Waals surface area contributed by atoms with E-state index < -0.39 is 11.9 Å². The number of carboxylic acids is 1. The molecule has 0 aliphatic carbocycles. The van der Waals surface area contributed by atoms with Crippen LogP contribution in [-0.2, 0) is 0 Å². The fraction of sp³-hybridized carbons (Fsp3) is 0.0625. The molecule has 23 heavy (non-hydrogen) atoms. The number of carboxylic acid groups (broad SMARTS) is 1. The number of hydrogen-bond donors (Lipinski definition) is 3. The van der Waals surface area contributed by atoms with Gasteiger partial charge in [0.15, 0.2) is 0 Å². The van der Waals surface area contributed by atoms with Gasteiger partial charge < -0.3 is 14.9 Å². The van der Waals surface area contributed by atoms with Gasteiger partial charge in [0.25, 0.3) is 5.91 Å². The van der Waals surface area contributed by atoms with Crippen molar-refractivity contribution in [3.05, 3.63) is 59.2 Å². The summed E-state index contributed by atoms with van der Waals surface area (Å²) in [5.41, 5.74) is 2.83. The zero-order valence-corrected chi connectivity index (χ0v) is 12.2. The molecule has 0 heterocycles. The van der Waals surface area contributed by atoms with Crippen LogP contribution in [0, 0.1) is 0 Å². The third kappa shape index (κ3) is 4.07. The maximum absolute atomic E-state index is 11.9. The van der Waals surface area contributed by atoms with Crippen molar-refractivity contribution in [3.63, 3.8) is 0 Å². The number of hydrazone groups is 1. The number of phenolic OH excluding ortho intramolecular Hbond substituents is 1. The van der Waals surface area contributed by atoms with Crippen LogP contribution in [0.1, 0.15) is 26.3 Å². The average molecular weight is 314 g/mol. The van der Waals surface area contributed by atoms with Crippen molar-refractivity contribution in [1.82, 2.24) is 5.43 Å². The monoisotopic (exact) mass is 314 g/mol. The van der Waals surface area contributed by atoms with Gasteiger partial charge >= 0.3 is 5.97 Å². The summed E-state index contributed by atoms with van der Waals surface area (Å²) in [6.07, 6.45) is 1.27. The molecule has 0 bridgehead atoms. The minimum Gasteiger partial charge on any atom is -0.507 e. The molecular formula is C16H14N2O5. The number of nitrogens with zero attached hydrogens (tertiary/aromatic N) is 1. The predicted octanol–water partition coefficient (Wildman–Crippen LogP) is 1.86. The molecule has 118 valence electrons. The Kier molecular flexibility index (Phi) is 4.93. The molecule has 0 aliphatic heterocycles. The first-order chi connectivity index (χ1) is 11.0. The van der Waals surface area contributed by atoms with Gasteiger partial charge in [-0.05, 0) is 30.3 Å². The van der Waals surface area contributed by atoms with Crippen molar-refractivity contribution in [1.29, 1.82) is 0 Å². The van der Waals surface area contributed by atoms with Gasteiger partial charge in [0.1, 0.15) is 11.5 Å². The highest BCUT2D eigenvalue weighted by molar-refractivity contribution is 5.98. The second-order valence-corrected chi connectivity index (χ2v) is 4.51. The number of nitrogens with one attached hydrogen (secondary N) is 1. The van der Waals surface area contributed by atoms with E-state index in [1.165, 1.54) is 43.7 Å². The van der Waals surface area contributed by atoms with Crippen LogP contribution in [0.15, 0.2) is 47.6 Å². The molecule has 0 unspecified atom stereocenters. The largest absolute Gasteiger partial charge is 0.507 e. The fourth-order valence-corrected chi connectivity index (χ4v) is 1.78. The number of methoxy groups -OCH3 is 1. The maximum Gasteiger partial charge on any atom is 0.335 e. The zero-order valence-electron chi connectivity index (χ0n) is 12.2. The van der Waals surface area contributed by atoms with E-state index in [2.05, 4.69) is 10.5 Å². The quantitative estimate of drug-likeness (QED) is 0.576. The number of carbonyl (C=O) groups is 2. The lowest BCUT2D eigenvalue weighted by atomic mass is 10.1. The van der Waals surface area contributed by atoms with Crippen molar-refractivity contribution in [2.75, 3.05) is 7.11 Å². The number of phenols is 1. The summed E-state index contributed by atoms with van der Waals surface area (Å²) in [6, 6.07) is 10.2. The summed E-state index contributed by atoms with van der Waals surface area (Å²) in [5, 5.41) is 22.4. The van der Waals surface area contributed by atoms with Gasteiger partial charge in [-0.15, -0.1) is 0 Å². The third-order valence-corrected chi connectivity index (χ3v) is 2.98. The lowest BCUT2D eigenvalue weighted by molar-refractivity contribution is 0.0697. The Labute approximate surface area is 131 Å². The van der Waals surface area contributed by atoms with Crippen LogP contribution < -0.4 is 10.2 Å². The highest BCUT2D eigenvalue weighted by Gasteiger charge is 2.08. The number of hydrogen-bond acceptors (Lipinski definition) is 5. The lowest BCUT2D eigenvalue weighted by Crippen LogP contribution is -2.18. The van der Waals surface area contributed by atoms with Crippen LogP contribution >= 0.6 is 0 Å². The second-order valence-electron chi connectivity index (χ2n) is 4.51. The van der Waals surface area contributed by atoms with Crippen LogP contribution in [0.2, 0.25) is 0 Å². The van der Waals surface area contributed by atoms with Crippen LogP contribution in [-0.4, -0.2) is 35.4 Å². The number of aromatic carboxylic acids is 1. The Bertz CT molecular complexity index is 771. The summed E-state index contributed by atoms with van der Waals surface area (Å²) >= 11 is 0. The van der Waals surface area contributed by atoms with E-state index in [1.54, 1.807) is 12.1 Å². The Morgan fingerprint density at radius 3 is 2.57 bits per heavy atom. The van der Waals surface area contributed by atoms with Gasteiger partial charge in [0, 0.05) is 17.2 Å². The van der Waals surface area contributed by atoms with E-state index in [9.17, 15) is 14.7 Å². The molecule has 0 radical (unpaired) electrons. The van der Waals surface area contributed by atoms with Crippen LogP contribution in [0.5, 0.6) is 11.5 Å². The first-order valence-corrected chi connectivity index (χ1v) is 6.55.